The van der Waals surface area contributed by atoms with Crippen molar-refractivity contribution in [1.29, 1.82) is 5.26 Å². The SMILES string of the molecule is CC(F)(F)F.N#Cc1ccc(NC(=O)CCBr)cc1. The Labute approximate surface area is 117 Å². The summed E-state index contributed by atoms with van der Waals surface area (Å²) in [7, 11) is 0. The van der Waals surface area contributed by atoms with Crippen LogP contribution in [0.15, 0.2) is 24.3 Å². The van der Waals surface area contributed by atoms with Crippen LogP contribution in [-0.2, 0) is 4.79 Å². The highest BCUT2D eigenvalue weighted by atomic mass is 79.9. The highest BCUT2D eigenvalue weighted by Gasteiger charge is 2.15. The second kappa shape index (κ2) is 8.53. The van der Waals surface area contributed by atoms with Crippen molar-refractivity contribution in [2.24, 2.45) is 0 Å². The molecule has 0 aromatic heterocycles. The van der Waals surface area contributed by atoms with E-state index in [1.54, 1.807) is 24.3 Å². The lowest BCUT2D eigenvalue weighted by Gasteiger charge is -2.02. The molecule has 1 aromatic rings. The first-order chi connectivity index (χ1) is 8.76. The number of rotatable bonds is 3. The Bertz CT molecular complexity index is 432. The largest absolute Gasteiger partial charge is 0.386 e. The topological polar surface area (TPSA) is 52.9 Å². The lowest BCUT2D eigenvalue weighted by molar-refractivity contribution is -0.115. The second-order valence-corrected chi connectivity index (χ2v) is 4.25. The molecule has 0 fully saturated rings. The van der Waals surface area contributed by atoms with Gasteiger partial charge in [-0.1, -0.05) is 15.9 Å². The van der Waals surface area contributed by atoms with Gasteiger partial charge in [-0.3, -0.25) is 4.79 Å². The standard InChI is InChI=1S/C10H9BrN2O.C2H3F3/c11-6-5-10(14)13-9-3-1-8(7-12)2-4-9;1-2(3,4)5/h1-4H,5-6H2,(H,13,14);1H3. The van der Waals surface area contributed by atoms with Crippen LogP contribution in [0.5, 0.6) is 0 Å². The monoisotopic (exact) mass is 336 g/mol. The summed E-state index contributed by atoms with van der Waals surface area (Å²) in [6.07, 6.45) is -3.56. The van der Waals surface area contributed by atoms with Crippen LogP contribution in [0.1, 0.15) is 18.9 Å². The first-order valence-corrected chi connectivity index (χ1v) is 6.31. The smallest absolute Gasteiger partial charge is 0.326 e. The van der Waals surface area contributed by atoms with E-state index in [4.69, 9.17) is 5.26 Å². The zero-order chi connectivity index (χ0) is 14.9. The van der Waals surface area contributed by atoms with Crippen molar-refractivity contribution >= 4 is 27.5 Å². The van der Waals surface area contributed by atoms with Crippen LogP contribution in [0, 0.1) is 11.3 Å². The number of anilines is 1. The van der Waals surface area contributed by atoms with Crippen LogP contribution < -0.4 is 5.32 Å². The zero-order valence-corrected chi connectivity index (χ0v) is 11.7. The predicted molar refractivity (Wildman–Crippen MR) is 69.9 cm³/mol. The number of benzene rings is 1. The van der Waals surface area contributed by atoms with Gasteiger partial charge in [0, 0.05) is 24.4 Å². The molecule has 0 atom stereocenters. The van der Waals surface area contributed by atoms with E-state index in [1.807, 2.05) is 6.07 Å². The van der Waals surface area contributed by atoms with Crippen molar-refractivity contribution in [3.63, 3.8) is 0 Å². The molecule has 0 heterocycles. The van der Waals surface area contributed by atoms with E-state index in [0.29, 0.717) is 17.3 Å². The van der Waals surface area contributed by atoms with Gasteiger partial charge < -0.3 is 5.32 Å². The summed E-state index contributed by atoms with van der Waals surface area (Å²) in [6, 6.07) is 8.78. The third kappa shape index (κ3) is 11.3. The second-order valence-electron chi connectivity index (χ2n) is 3.46. The molecule has 1 N–H and O–H groups in total. The molecule has 0 radical (unpaired) electrons. The molecule has 0 saturated carbocycles. The molecule has 1 amide bonds. The number of nitriles is 1. The summed E-state index contributed by atoms with van der Waals surface area (Å²) >= 11 is 3.18. The number of hydrogen-bond acceptors (Lipinski definition) is 2. The first kappa shape index (κ1) is 17.4. The highest BCUT2D eigenvalue weighted by Crippen LogP contribution is 2.10. The maximum absolute atomic E-state index is 11.2. The molecule has 0 aliphatic carbocycles. The van der Waals surface area contributed by atoms with E-state index in [-0.39, 0.29) is 12.8 Å². The van der Waals surface area contributed by atoms with E-state index in [9.17, 15) is 18.0 Å². The van der Waals surface area contributed by atoms with Crippen LogP contribution in [0.25, 0.3) is 0 Å². The summed E-state index contributed by atoms with van der Waals surface area (Å²) in [5, 5.41) is 11.9. The van der Waals surface area contributed by atoms with Crippen molar-refractivity contribution < 1.29 is 18.0 Å². The minimum Gasteiger partial charge on any atom is -0.326 e. The molecular formula is C12H12BrF3N2O. The molecule has 1 aromatic carbocycles. The van der Waals surface area contributed by atoms with E-state index in [1.165, 1.54) is 0 Å². The molecule has 0 aliphatic heterocycles. The Morgan fingerprint density at radius 3 is 2.21 bits per heavy atom. The van der Waals surface area contributed by atoms with E-state index in [0.717, 1.165) is 5.69 Å². The number of hydrogen-bond donors (Lipinski definition) is 1. The van der Waals surface area contributed by atoms with Gasteiger partial charge in [-0.2, -0.15) is 18.4 Å². The Morgan fingerprint density at radius 2 is 1.84 bits per heavy atom. The van der Waals surface area contributed by atoms with E-state index < -0.39 is 6.18 Å². The van der Waals surface area contributed by atoms with Crippen LogP contribution in [-0.4, -0.2) is 17.4 Å². The number of amides is 1. The summed E-state index contributed by atoms with van der Waals surface area (Å²) < 4.78 is 31.1. The first-order valence-electron chi connectivity index (χ1n) is 5.19. The normalized spacial score (nSPS) is 9.89. The average Bonchev–Trinajstić information content (AvgIpc) is 2.28. The Balaban J connectivity index is 0.000000555. The van der Waals surface area contributed by atoms with E-state index >= 15 is 0 Å². The van der Waals surface area contributed by atoms with Crippen molar-refractivity contribution in [3.05, 3.63) is 29.8 Å². The summed E-state index contributed by atoms with van der Waals surface area (Å²) in [4.78, 5) is 11.2. The minimum atomic E-state index is -4.00. The van der Waals surface area contributed by atoms with Gasteiger partial charge in [-0.15, -0.1) is 0 Å². The molecule has 19 heavy (non-hydrogen) atoms. The average molecular weight is 337 g/mol. The van der Waals surface area contributed by atoms with Crippen LogP contribution in [0.4, 0.5) is 18.9 Å². The van der Waals surface area contributed by atoms with Crippen LogP contribution in [0.2, 0.25) is 0 Å². The summed E-state index contributed by atoms with van der Waals surface area (Å²) in [5.74, 6) is -0.0356. The molecule has 0 unspecified atom stereocenters. The van der Waals surface area contributed by atoms with Gasteiger partial charge in [-0.25, -0.2) is 0 Å². The zero-order valence-electron chi connectivity index (χ0n) is 10.1. The quantitative estimate of drug-likeness (QED) is 0.852. The van der Waals surface area contributed by atoms with E-state index in [2.05, 4.69) is 21.2 Å². The lowest BCUT2D eigenvalue weighted by atomic mass is 10.2. The Hall–Kier alpha value is -1.55. The van der Waals surface area contributed by atoms with Crippen LogP contribution >= 0.6 is 15.9 Å². The van der Waals surface area contributed by atoms with Gasteiger partial charge in [0.2, 0.25) is 5.91 Å². The molecule has 0 saturated heterocycles. The summed E-state index contributed by atoms with van der Waals surface area (Å²) in [6.45, 7) is 0.188. The van der Waals surface area contributed by atoms with Crippen molar-refractivity contribution in [2.75, 3.05) is 10.6 Å². The number of carbonyl (C=O) groups excluding carboxylic acids is 1. The van der Waals surface area contributed by atoms with Crippen LogP contribution in [0.3, 0.4) is 0 Å². The maximum Gasteiger partial charge on any atom is 0.386 e. The molecule has 0 spiro atoms. The maximum atomic E-state index is 11.2. The Kier molecular flexibility index (Phi) is 7.84. The number of carbonyl (C=O) groups is 1. The van der Waals surface area contributed by atoms with Gasteiger partial charge in [0.1, 0.15) is 0 Å². The Morgan fingerprint density at radius 1 is 1.37 bits per heavy atom. The molecule has 7 heteroatoms. The van der Waals surface area contributed by atoms with Crippen molar-refractivity contribution in [3.8, 4) is 6.07 Å². The molecule has 1 rings (SSSR count). The third-order valence-corrected chi connectivity index (χ3v) is 2.02. The number of nitrogens with one attached hydrogen (secondary N) is 1. The van der Waals surface area contributed by atoms with Gasteiger partial charge in [0.25, 0.3) is 0 Å². The fourth-order valence-electron chi connectivity index (χ4n) is 0.937. The molecule has 0 aliphatic rings. The predicted octanol–water partition coefficient (Wildman–Crippen LogP) is 3.85. The molecular weight excluding hydrogens is 325 g/mol. The number of nitrogens with zero attached hydrogens (tertiary/aromatic N) is 1. The third-order valence-electron chi connectivity index (χ3n) is 1.62. The molecule has 3 nitrogen and oxygen atoms in total. The molecule has 104 valence electrons. The fraction of sp³-hybridized carbons (Fsp3) is 0.333. The lowest BCUT2D eigenvalue weighted by Crippen LogP contribution is -2.11. The van der Waals surface area contributed by atoms with Gasteiger partial charge in [-0.05, 0) is 24.3 Å². The van der Waals surface area contributed by atoms with Gasteiger partial charge >= 0.3 is 6.18 Å². The van der Waals surface area contributed by atoms with Gasteiger partial charge in [0.15, 0.2) is 0 Å². The van der Waals surface area contributed by atoms with Crippen molar-refractivity contribution in [1.82, 2.24) is 0 Å². The number of halogens is 4. The molecule has 0 bridgehead atoms. The minimum absolute atomic E-state index is 0.0356. The van der Waals surface area contributed by atoms with Crippen molar-refractivity contribution in [2.45, 2.75) is 19.5 Å². The highest BCUT2D eigenvalue weighted by molar-refractivity contribution is 9.09. The van der Waals surface area contributed by atoms with Gasteiger partial charge in [0.05, 0.1) is 11.6 Å². The fourth-order valence-corrected chi connectivity index (χ4v) is 1.30. The number of alkyl halides is 4. The summed E-state index contributed by atoms with van der Waals surface area (Å²) in [5.41, 5.74) is 1.30.